The van der Waals surface area contributed by atoms with Crippen LogP contribution in [-0.2, 0) is 17.8 Å². The third-order valence-corrected chi connectivity index (χ3v) is 3.76. The van der Waals surface area contributed by atoms with E-state index in [9.17, 15) is 9.18 Å². The molecule has 1 N–H and O–H groups in total. The molecule has 134 valence electrons. The van der Waals surface area contributed by atoms with Gasteiger partial charge in [0.2, 0.25) is 17.6 Å². The van der Waals surface area contributed by atoms with Crippen molar-refractivity contribution in [2.75, 3.05) is 7.11 Å². The minimum atomic E-state index is -0.325. The molecule has 6 nitrogen and oxygen atoms in total. The molecule has 1 heterocycles. The first-order valence-corrected chi connectivity index (χ1v) is 8.12. The van der Waals surface area contributed by atoms with E-state index in [-0.39, 0.29) is 24.7 Å². The zero-order valence-corrected chi connectivity index (χ0v) is 14.2. The van der Waals surface area contributed by atoms with E-state index >= 15 is 0 Å². The van der Waals surface area contributed by atoms with Crippen molar-refractivity contribution in [1.82, 2.24) is 15.5 Å². The molecule has 0 fully saturated rings. The molecule has 1 aromatic heterocycles. The number of amides is 1. The quantitative estimate of drug-likeness (QED) is 0.704. The molecule has 0 saturated carbocycles. The fourth-order valence-corrected chi connectivity index (χ4v) is 2.37. The highest BCUT2D eigenvalue weighted by atomic mass is 19.1. The number of hydrogen-bond acceptors (Lipinski definition) is 5. The topological polar surface area (TPSA) is 77.2 Å². The number of nitrogens with one attached hydrogen (secondary N) is 1. The molecule has 3 rings (SSSR count). The largest absolute Gasteiger partial charge is 0.497 e. The van der Waals surface area contributed by atoms with Gasteiger partial charge in [-0.25, -0.2) is 4.39 Å². The van der Waals surface area contributed by atoms with Crippen LogP contribution < -0.4 is 10.1 Å². The highest BCUT2D eigenvalue weighted by Crippen LogP contribution is 2.20. The summed E-state index contributed by atoms with van der Waals surface area (Å²) in [6.07, 6.45) is 0.539. The van der Waals surface area contributed by atoms with Crippen LogP contribution in [0.4, 0.5) is 4.39 Å². The Kier molecular flexibility index (Phi) is 5.58. The van der Waals surface area contributed by atoms with Crippen molar-refractivity contribution in [2.45, 2.75) is 19.4 Å². The first kappa shape index (κ1) is 17.6. The van der Waals surface area contributed by atoms with E-state index in [1.54, 1.807) is 19.2 Å². The highest BCUT2D eigenvalue weighted by Gasteiger charge is 2.11. The Balaban J connectivity index is 1.50. The van der Waals surface area contributed by atoms with Gasteiger partial charge in [0.25, 0.3) is 0 Å². The minimum Gasteiger partial charge on any atom is -0.497 e. The summed E-state index contributed by atoms with van der Waals surface area (Å²) in [4.78, 5) is 16.2. The van der Waals surface area contributed by atoms with Crippen molar-refractivity contribution in [2.24, 2.45) is 0 Å². The maximum Gasteiger partial charge on any atom is 0.227 e. The lowest BCUT2D eigenvalue weighted by Gasteiger charge is -2.04. The summed E-state index contributed by atoms with van der Waals surface area (Å²) in [7, 11) is 1.60. The number of hydrogen-bond donors (Lipinski definition) is 1. The molecule has 0 radical (unpaired) electrons. The first-order chi connectivity index (χ1) is 12.6. The van der Waals surface area contributed by atoms with E-state index in [0.717, 1.165) is 11.3 Å². The Hall–Kier alpha value is -3.22. The number of aromatic nitrogens is 2. The number of halogens is 1. The number of ether oxygens (including phenoxy) is 1. The highest BCUT2D eigenvalue weighted by molar-refractivity contribution is 5.76. The van der Waals surface area contributed by atoms with Crippen LogP contribution in [0.3, 0.4) is 0 Å². The Morgan fingerprint density at radius 1 is 1.23 bits per heavy atom. The SMILES string of the molecule is COc1ccc(-c2noc(CCC(=O)NCc3cccc(F)c3)n2)cc1. The van der Waals surface area contributed by atoms with E-state index < -0.39 is 0 Å². The number of carbonyl (C=O) groups excluding carboxylic acids is 1. The third-order valence-electron chi connectivity index (χ3n) is 3.76. The van der Waals surface area contributed by atoms with Gasteiger partial charge in [-0.3, -0.25) is 4.79 Å². The Morgan fingerprint density at radius 3 is 2.77 bits per heavy atom. The van der Waals surface area contributed by atoms with Gasteiger partial charge in [-0.15, -0.1) is 0 Å². The molecule has 0 aliphatic carbocycles. The second-order valence-corrected chi connectivity index (χ2v) is 5.65. The van der Waals surface area contributed by atoms with Crippen LogP contribution in [-0.4, -0.2) is 23.2 Å². The maximum atomic E-state index is 13.1. The zero-order valence-electron chi connectivity index (χ0n) is 14.2. The molecule has 7 heteroatoms. The zero-order chi connectivity index (χ0) is 18.4. The number of nitrogens with zero attached hydrogens (tertiary/aromatic N) is 2. The van der Waals surface area contributed by atoms with Crippen LogP contribution >= 0.6 is 0 Å². The van der Waals surface area contributed by atoms with Gasteiger partial charge in [0, 0.05) is 24.9 Å². The molecule has 2 aromatic carbocycles. The number of carbonyl (C=O) groups is 1. The lowest BCUT2D eigenvalue weighted by molar-refractivity contribution is -0.121. The first-order valence-electron chi connectivity index (χ1n) is 8.12. The van der Waals surface area contributed by atoms with E-state index in [4.69, 9.17) is 9.26 Å². The molecular formula is C19H18FN3O3. The fourth-order valence-electron chi connectivity index (χ4n) is 2.37. The minimum absolute atomic E-state index is 0.168. The summed E-state index contributed by atoms with van der Waals surface area (Å²) in [6.45, 7) is 0.275. The second kappa shape index (κ2) is 8.24. The van der Waals surface area contributed by atoms with Crippen molar-refractivity contribution < 1.29 is 18.4 Å². The van der Waals surface area contributed by atoms with E-state index in [2.05, 4.69) is 15.5 Å². The van der Waals surface area contributed by atoms with Crippen LogP contribution in [0.25, 0.3) is 11.4 Å². The van der Waals surface area contributed by atoms with Crippen molar-refractivity contribution in [3.63, 3.8) is 0 Å². The summed E-state index contributed by atoms with van der Waals surface area (Å²) in [5, 5.41) is 6.66. The van der Waals surface area contributed by atoms with Gasteiger partial charge in [0.05, 0.1) is 7.11 Å². The predicted octanol–water partition coefficient (Wildman–Crippen LogP) is 3.13. The van der Waals surface area contributed by atoms with Crippen molar-refractivity contribution in [3.05, 3.63) is 65.8 Å². The van der Waals surface area contributed by atoms with Crippen molar-refractivity contribution in [3.8, 4) is 17.1 Å². The fraction of sp³-hybridized carbons (Fsp3) is 0.211. The second-order valence-electron chi connectivity index (χ2n) is 5.65. The van der Waals surface area contributed by atoms with Crippen LogP contribution in [0, 0.1) is 5.82 Å². The Bertz CT molecular complexity index is 878. The normalized spacial score (nSPS) is 10.5. The Morgan fingerprint density at radius 2 is 2.04 bits per heavy atom. The molecule has 0 spiro atoms. The van der Waals surface area contributed by atoms with Gasteiger partial charge in [0.1, 0.15) is 11.6 Å². The molecule has 3 aromatic rings. The molecule has 26 heavy (non-hydrogen) atoms. The molecule has 0 bridgehead atoms. The molecular weight excluding hydrogens is 337 g/mol. The van der Waals surface area contributed by atoms with Gasteiger partial charge < -0.3 is 14.6 Å². The summed E-state index contributed by atoms with van der Waals surface area (Å²) in [5.41, 5.74) is 1.51. The van der Waals surface area contributed by atoms with E-state index in [1.807, 2.05) is 24.3 Å². The number of benzene rings is 2. The number of methoxy groups -OCH3 is 1. The summed E-state index contributed by atoms with van der Waals surface area (Å²) >= 11 is 0. The van der Waals surface area contributed by atoms with E-state index in [0.29, 0.717) is 23.7 Å². The van der Waals surface area contributed by atoms with Gasteiger partial charge >= 0.3 is 0 Å². The van der Waals surface area contributed by atoms with Gasteiger partial charge in [-0.1, -0.05) is 17.3 Å². The molecule has 0 atom stereocenters. The van der Waals surface area contributed by atoms with Crippen molar-refractivity contribution in [1.29, 1.82) is 0 Å². The third kappa shape index (κ3) is 4.66. The summed E-state index contributed by atoms with van der Waals surface area (Å²) in [5.74, 6) is 1.10. The molecule has 0 unspecified atom stereocenters. The monoisotopic (exact) mass is 355 g/mol. The number of rotatable bonds is 7. The van der Waals surface area contributed by atoms with Crippen molar-refractivity contribution >= 4 is 5.91 Å². The lowest BCUT2D eigenvalue weighted by Crippen LogP contribution is -2.23. The van der Waals surface area contributed by atoms with Gasteiger partial charge in [-0.05, 0) is 42.0 Å². The van der Waals surface area contributed by atoms with Crippen LogP contribution in [0.15, 0.2) is 53.1 Å². The van der Waals surface area contributed by atoms with E-state index in [1.165, 1.54) is 12.1 Å². The van der Waals surface area contributed by atoms with Crippen LogP contribution in [0.2, 0.25) is 0 Å². The van der Waals surface area contributed by atoms with Crippen LogP contribution in [0.1, 0.15) is 17.9 Å². The molecule has 0 saturated heterocycles. The molecule has 1 amide bonds. The number of aryl methyl sites for hydroxylation is 1. The van der Waals surface area contributed by atoms with Gasteiger partial charge in [-0.2, -0.15) is 4.98 Å². The summed E-state index contributed by atoms with van der Waals surface area (Å²) < 4.78 is 23.4. The smallest absolute Gasteiger partial charge is 0.227 e. The Labute approximate surface area is 150 Å². The lowest BCUT2D eigenvalue weighted by atomic mass is 10.2. The average Bonchev–Trinajstić information content (AvgIpc) is 3.14. The maximum absolute atomic E-state index is 13.1. The standard InChI is InChI=1S/C19H18FN3O3/c1-25-16-7-5-14(6-8-16)19-22-18(26-23-19)10-9-17(24)21-12-13-3-2-4-15(20)11-13/h2-8,11H,9-10,12H2,1H3,(H,21,24). The molecule has 0 aliphatic rings. The van der Waals surface area contributed by atoms with Crippen LogP contribution in [0.5, 0.6) is 5.75 Å². The average molecular weight is 355 g/mol. The predicted molar refractivity (Wildman–Crippen MR) is 92.9 cm³/mol. The molecule has 0 aliphatic heterocycles. The summed E-state index contributed by atoms with van der Waals surface area (Å²) in [6, 6.07) is 13.4. The van der Waals surface area contributed by atoms with Gasteiger partial charge in [0.15, 0.2) is 0 Å².